The summed E-state index contributed by atoms with van der Waals surface area (Å²) in [5.74, 6) is 1.98. The molecule has 0 saturated heterocycles. The summed E-state index contributed by atoms with van der Waals surface area (Å²) in [5, 5.41) is 5.67. The normalized spacial score (nSPS) is 10.5. The molecule has 2 aromatic carbocycles. The molecule has 4 rings (SSSR count). The van der Waals surface area contributed by atoms with E-state index in [0.29, 0.717) is 24.7 Å². The highest BCUT2D eigenvalue weighted by atomic mass is 32.1. The number of ether oxygens (including phenoxy) is 3. The zero-order valence-electron chi connectivity index (χ0n) is 19.0. The molecule has 0 spiro atoms. The first-order chi connectivity index (χ1) is 16.6. The van der Waals surface area contributed by atoms with Gasteiger partial charge in [-0.3, -0.25) is 9.78 Å². The maximum absolute atomic E-state index is 12.4. The Balaban J connectivity index is 1.27. The molecule has 0 aliphatic rings. The van der Waals surface area contributed by atoms with E-state index in [2.05, 4.69) is 15.3 Å². The van der Waals surface area contributed by atoms with Gasteiger partial charge < -0.3 is 19.5 Å². The van der Waals surface area contributed by atoms with Crippen molar-refractivity contribution >= 4 is 17.2 Å². The maximum atomic E-state index is 12.4. The SMILES string of the molecule is COc1ccc(-c2nc(CC(=O)NCc3ccc(OCc4ccccn4)cc3)cs2)cc1OC. The van der Waals surface area contributed by atoms with Crippen molar-refractivity contribution in [2.24, 2.45) is 0 Å². The Morgan fingerprint density at radius 3 is 2.53 bits per heavy atom. The summed E-state index contributed by atoms with van der Waals surface area (Å²) in [5.41, 5.74) is 3.50. The molecule has 2 aromatic heterocycles. The summed E-state index contributed by atoms with van der Waals surface area (Å²) in [4.78, 5) is 21.3. The first kappa shape index (κ1) is 23.3. The highest BCUT2D eigenvalue weighted by molar-refractivity contribution is 7.13. The van der Waals surface area contributed by atoms with E-state index in [1.807, 2.05) is 66.0 Å². The number of hydrogen-bond donors (Lipinski definition) is 1. The van der Waals surface area contributed by atoms with Crippen LogP contribution in [0.1, 0.15) is 17.0 Å². The Bertz CT molecular complexity index is 1230. The second-order valence-corrected chi connectivity index (χ2v) is 8.28. The third-order valence-corrected chi connectivity index (χ3v) is 5.99. The molecule has 34 heavy (non-hydrogen) atoms. The molecular formula is C26H25N3O4S. The van der Waals surface area contributed by atoms with E-state index in [1.165, 1.54) is 11.3 Å². The van der Waals surface area contributed by atoms with Gasteiger partial charge in [0.1, 0.15) is 17.4 Å². The molecule has 4 aromatic rings. The zero-order valence-corrected chi connectivity index (χ0v) is 19.8. The second-order valence-electron chi connectivity index (χ2n) is 7.42. The number of thiazole rings is 1. The van der Waals surface area contributed by atoms with Crippen molar-refractivity contribution in [2.75, 3.05) is 14.2 Å². The molecule has 0 atom stereocenters. The van der Waals surface area contributed by atoms with Gasteiger partial charge in [0.2, 0.25) is 5.91 Å². The molecule has 1 amide bonds. The van der Waals surface area contributed by atoms with E-state index in [0.717, 1.165) is 33.3 Å². The number of methoxy groups -OCH3 is 2. The van der Waals surface area contributed by atoms with Gasteiger partial charge in [-0.15, -0.1) is 11.3 Å². The fourth-order valence-corrected chi connectivity index (χ4v) is 4.08. The Labute approximate surface area is 202 Å². The summed E-state index contributed by atoms with van der Waals surface area (Å²) in [6.07, 6.45) is 1.96. The van der Waals surface area contributed by atoms with Crippen molar-refractivity contribution < 1.29 is 19.0 Å². The predicted molar refractivity (Wildman–Crippen MR) is 131 cm³/mol. The van der Waals surface area contributed by atoms with Crippen molar-refractivity contribution in [3.8, 4) is 27.8 Å². The standard InChI is InChI=1S/C26H25N3O4S/c1-31-23-11-8-19(13-24(23)32-2)26-29-21(17-34-26)14-25(30)28-15-18-6-9-22(10-7-18)33-16-20-5-3-4-12-27-20/h3-13,17H,14-16H2,1-2H3,(H,28,30). The minimum Gasteiger partial charge on any atom is -0.493 e. The fraction of sp³-hybridized carbons (Fsp3) is 0.192. The molecule has 2 heterocycles. The Kier molecular flexibility index (Phi) is 7.72. The number of pyridine rings is 1. The molecule has 1 N–H and O–H groups in total. The lowest BCUT2D eigenvalue weighted by Crippen LogP contribution is -2.24. The number of rotatable bonds is 10. The van der Waals surface area contributed by atoms with E-state index in [1.54, 1.807) is 20.4 Å². The number of aromatic nitrogens is 2. The molecule has 0 radical (unpaired) electrons. The highest BCUT2D eigenvalue weighted by Crippen LogP contribution is 2.33. The summed E-state index contributed by atoms with van der Waals surface area (Å²) < 4.78 is 16.4. The number of hydrogen-bond acceptors (Lipinski definition) is 7. The number of carbonyl (C=O) groups is 1. The Morgan fingerprint density at radius 2 is 1.79 bits per heavy atom. The largest absolute Gasteiger partial charge is 0.493 e. The van der Waals surface area contributed by atoms with E-state index in [9.17, 15) is 4.79 Å². The predicted octanol–water partition coefficient (Wildman–Crippen LogP) is 4.66. The van der Waals surface area contributed by atoms with Gasteiger partial charge in [0.05, 0.1) is 32.0 Å². The van der Waals surface area contributed by atoms with Crippen LogP contribution in [0.4, 0.5) is 0 Å². The lowest BCUT2D eigenvalue weighted by Gasteiger charge is -2.08. The molecule has 0 unspecified atom stereocenters. The van der Waals surface area contributed by atoms with E-state index < -0.39 is 0 Å². The molecule has 7 nitrogen and oxygen atoms in total. The molecule has 0 saturated carbocycles. The number of amides is 1. The summed E-state index contributed by atoms with van der Waals surface area (Å²) in [7, 11) is 3.20. The first-order valence-electron chi connectivity index (χ1n) is 10.7. The number of carbonyl (C=O) groups excluding carboxylic acids is 1. The molecule has 0 aliphatic carbocycles. The van der Waals surface area contributed by atoms with Crippen molar-refractivity contribution in [1.82, 2.24) is 15.3 Å². The van der Waals surface area contributed by atoms with Crippen LogP contribution in [0.3, 0.4) is 0 Å². The Hall–Kier alpha value is -3.91. The van der Waals surface area contributed by atoms with Crippen LogP contribution in [-0.2, 0) is 24.4 Å². The molecule has 0 aliphatic heterocycles. The minimum atomic E-state index is -0.0837. The van der Waals surface area contributed by atoms with Gasteiger partial charge in [0.15, 0.2) is 11.5 Å². The average molecular weight is 476 g/mol. The van der Waals surface area contributed by atoms with Crippen LogP contribution < -0.4 is 19.5 Å². The zero-order chi connectivity index (χ0) is 23.8. The van der Waals surface area contributed by atoms with Crippen molar-refractivity contribution in [3.05, 3.63) is 89.2 Å². The van der Waals surface area contributed by atoms with Crippen LogP contribution in [0.15, 0.2) is 72.2 Å². The van der Waals surface area contributed by atoms with E-state index >= 15 is 0 Å². The lowest BCUT2D eigenvalue weighted by atomic mass is 10.2. The second kappa shape index (κ2) is 11.3. The average Bonchev–Trinajstić information content (AvgIpc) is 3.35. The minimum absolute atomic E-state index is 0.0837. The maximum Gasteiger partial charge on any atom is 0.226 e. The van der Waals surface area contributed by atoms with Crippen LogP contribution in [0, 0.1) is 0 Å². The van der Waals surface area contributed by atoms with Crippen molar-refractivity contribution in [2.45, 2.75) is 19.6 Å². The van der Waals surface area contributed by atoms with E-state index in [-0.39, 0.29) is 12.3 Å². The van der Waals surface area contributed by atoms with Crippen LogP contribution in [-0.4, -0.2) is 30.1 Å². The van der Waals surface area contributed by atoms with Crippen LogP contribution in [0.25, 0.3) is 10.6 Å². The molecule has 0 fully saturated rings. The topological polar surface area (TPSA) is 82.6 Å². The van der Waals surface area contributed by atoms with Gasteiger partial charge in [-0.25, -0.2) is 4.98 Å². The third-order valence-electron chi connectivity index (χ3n) is 5.05. The summed E-state index contributed by atoms with van der Waals surface area (Å²) >= 11 is 1.49. The van der Waals surface area contributed by atoms with Crippen molar-refractivity contribution in [3.63, 3.8) is 0 Å². The fourth-order valence-electron chi connectivity index (χ4n) is 3.26. The summed E-state index contributed by atoms with van der Waals surface area (Å²) in [6.45, 7) is 0.849. The van der Waals surface area contributed by atoms with Gasteiger partial charge in [0, 0.05) is 23.7 Å². The quantitative estimate of drug-likeness (QED) is 0.359. The highest BCUT2D eigenvalue weighted by Gasteiger charge is 2.12. The third kappa shape index (κ3) is 6.11. The van der Waals surface area contributed by atoms with Gasteiger partial charge in [-0.2, -0.15) is 0 Å². The monoisotopic (exact) mass is 475 g/mol. The van der Waals surface area contributed by atoms with Gasteiger partial charge >= 0.3 is 0 Å². The molecule has 0 bridgehead atoms. The number of nitrogens with zero attached hydrogens (tertiary/aromatic N) is 2. The molecule has 174 valence electrons. The summed E-state index contributed by atoms with van der Waals surface area (Å²) in [6, 6.07) is 19.0. The van der Waals surface area contributed by atoms with Gasteiger partial charge in [-0.05, 0) is 48.0 Å². The number of benzene rings is 2. The van der Waals surface area contributed by atoms with Gasteiger partial charge in [-0.1, -0.05) is 18.2 Å². The van der Waals surface area contributed by atoms with Crippen LogP contribution in [0.2, 0.25) is 0 Å². The molecular weight excluding hydrogens is 450 g/mol. The Morgan fingerprint density at radius 1 is 0.971 bits per heavy atom. The van der Waals surface area contributed by atoms with Crippen LogP contribution in [0.5, 0.6) is 17.2 Å². The van der Waals surface area contributed by atoms with E-state index in [4.69, 9.17) is 14.2 Å². The number of nitrogens with one attached hydrogen (secondary N) is 1. The smallest absolute Gasteiger partial charge is 0.226 e. The van der Waals surface area contributed by atoms with Gasteiger partial charge in [0.25, 0.3) is 0 Å². The molecule has 8 heteroatoms. The van der Waals surface area contributed by atoms with Crippen LogP contribution >= 0.6 is 11.3 Å². The lowest BCUT2D eigenvalue weighted by molar-refractivity contribution is -0.120. The van der Waals surface area contributed by atoms with Crippen molar-refractivity contribution in [1.29, 1.82) is 0 Å². The first-order valence-corrected chi connectivity index (χ1v) is 11.6.